The van der Waals surface area contributed by atoms with Gasteiger partial charge in [-0.3, -0.25) is 0 Å². The van der Waals surface area contributed by atoms with E-state index < -0.39 is 9.84 Å². The van der Waals surface area contributed by atoms with Gasteiger partial charge in [0.1, 0.15) is 0 Å². The second-order valence-electron chi connectivity index (χ2n) is 3.54. The largest absolute Gasteiger partial charge is 0.399 e. The fourth-order valence-corrected chi connectivity index (χ4v) is 2.81. The predicted molar refractivity (Wildman–Crippen MR) is 64.1 cm³/mol. The molecule has 0 heterocycles. The van der Waals surface area contributed by atoms with Crippen molar-refractivity contribution < 1.29 is 13.2 Å². The summed E-state index contributed by atoms with van der Waals surface area (Å²) in [6.07, 6.45) is 0. The van der Waals surface area contributed by atoms with Crippen LogP contribution in [0.3, 0.4) is 0 Å². The molecule has 0 aliphatic heterocycles. The molecule has 0 aliphatic rings. The molecule has 0 aromatic heterocycles. The second-order valence-corrected chi connectivity index (χ2v) is 5.62. The summed E-state index contributed by atoms with van der Waals surface area (Å²) in [5.41, 5.74) is 6.76. The van der Waals surface area contributed by atoms with Crippen LogP contribution in [0.1, 0.15) is 12.5 Å². The van der Waals surface area contributed by atoms with E-state index in [0.29, 0.717) is 22.8 Å². The number of nitrogens with two attached hydrogens (primary N) is 1. The minimum Gasteiger partial charge on any atom is -0.399 e. The van der Waals surface area contributed by atoms with Crippen LogP contribution < -0.4 is 5.73 Å². The predicted octanol–water partition coefficient (Wildman–Crippen LogP) is 1.39. The lowest BCUT2D eigenvalue weighted by molar-refractivity contribution is 0.163. The van der Waals surface area contributed by atoms with Gasteiger partial charge in [-0.2, -0.15) is 0 Å². The lowest BCUT2D eigenvalue weighted by atomic mass is 10.2. The average molecular weight is 243 g/mol. The van der Waals surface area contributed by atoms with Gasteiger partial charge in [0.15, 0.2) is 9.84 Å². The van der Waals surface area contributed by atoms with E-state index in [1.807, 2.05) is 6.92 Å². The van der Waals surface area contributed by atoms with E-state index in [1.54, 1.807) is 19.1 Å². The van der Waals surface area contributed by atoms with E-state index in [2.05, 4.69) is 0 Å². The Hall–Kier alpha value is -1.07. The SMILES string of the molecule is CCOCCS(=O)(=O)c1cc(N)ccc1C. The quantitative estimate of drug-likeness (QED) is 0.626. The number of rotatable bonds is 5. The smallest absolute Gasteiger partial charge is 0.180 e. The van der Waals surface area contributed by atoms with Gasteiger partial charge in [-0.15, -0.1) is 0 Å². The third-order valence-electron chi connectivity index (χ3n) is 2.25. The lowest BCUT2D eigenvalue weighted by Gasteiger charge is -2.08. The Balaban J connectivity index is 2.93. The van der Waals surface area contributed by atoms with Crippen molar-refractivity contribution in [1.82, 2.24) is 0 Å². The molecule has 0 unspecified atom stereocenters. The van der Waals surface area contributed by atoms with Crippen molar-refractivity contribution in [2.75, 3.05) is 24.7 Å². The van der Waals surface area contributed by atoms with Crippen molar-refractivity contribution >= 4 is 15.5 Å². The topological polar surface area (TPSA) is 69.4 Å². The maximum atomic E-state index is 11.9. The van der Waals surface area contributed by atoms with Crippen LogP contribution in [0.5, 0.6) is 0 Å². The van der Waals surface area contributed by atoms with Crippen molar-refractivity contribution in [3.63, 3.8) is 0 Å². The highest BCUT2D eigenvalue weighted by atomic mass is 32.2. The molecule has 0 atom stereocenters. The Kier molecular flexibility index (Phi) is 4.32. The summed E-state index contributed by atoms with van der Waals surface area (Å²) in [5, 5.41) is 0. The average Bonchev–Trinajstić information content (AvgIpc) is 2.22. The van der Waals surface area contributed by atoms with Crippen LogP contribution in [0.2, 0.25) is 0 Å². The summed E-state index contributed by atoms with van der Waals surface area (Å²) in [5.74, 6) is -0.00880. The number of anilines is 1. The van der Waals surface area contributed by atoms with E-state index in [4.69, 9.17) is 10.5 Å². The number of ether oxygens (including phenoxy) is 1. The van der Waals surface area contributed by atoms with E-state index in [9.17, 15) is 8.42 Å². The summed E-state index contributed by atoms with van der Waals surface area (Å²) in [7, 11) is -3.29. The zero-order chi connectivity index (χ0) is 12.2. The molecule has 1 aromatic carbocycles. The number of hydrogen-bond acceptors (Lipinski definition) is 4. The summed E-state index contributed by atoms with van der Waals surface area (Å²) < 4.78 is 28.9. The highest BCUT2D eigenvalue weighted by Gasteiger charge is 2.16. The van der Waals surface area contributed by atoms with Gasteiger partial charge in [0, 0.05) is 12.3 Å². The first-order valence-electron chi connectivity index (χ1n) is 5.14. The van der Waals surface area contributed by atoms with E-state index in [0.717, 1.165) is 0 Å². The van der Waals surface area contributed by atoms with Crippen LogP contribution in [0, 0.1) is 6.92 Å². The van der Waals surface area contributed by atoms with Crippen molar-refractivity contribution in [3.8, 4) is 0 Å². The van der Waals surface area contributed by atoms with Gasteiger partial charge in [0.05, 0.1) is 17.3 Å². The van der Waals surface area contributed by atoms with Crippen molar-refractivity contribution in [2.45, 2.75) is 18.7 Å². The van der Waals surface area contributed by atoms with Gasteiger partial charge in [-0.25, -0.2) is 8.42 Å². The third kappa shape index (κ3) is 3.21. The number of nitrogen functional groups attached to an aromatic ring is 1. The zero-order valence-corrected chi connectivity index (χ0v) is 10.4. The summed E-state index contributed by atoms with van der Waals surface area (Å²) in [6.45, 7) is 4.32. The van der Waals surface area contributed by atoms with Gasteiger partial charge in [0.2, 0.25) is 0 Å². The van der Waals surface area contributed by atoms with Crippen molar-refractivity contribution in [1.29, 1.82) is 0 Å². The molecule has 4 nitrogen and oxygen atoms in total. The van der Waals surface area contributed by atoms with Crippen LogP contribution in [0.4, 0.5) is 5.69 Å². The Morgan fingerprint density at radius 2 is 2.06 bits per heavy atom. The number of benzene rings is 1. The van der Waals surface area contributed by atoms with E-state index in [-0.39, 0.29) is 12.4 Å². The fraction of sp³-hybridized carbons (Fsp3) is 0.455. The van der Waals surface area contributed by atoms with Gasteiger partial charge >= 0.3 is 0 Å². The maximum absolute atomic E-state index is 11.9. The van der Waals surface area contributed by atoms with Crippen LogP contribution in [-0.4, -0.2) is 27.4 Å². The first-order valence-corrected chi connectivity index (χ1v) is 6.79. The molecule has 0 saturated heterocycles. The molecule has 0 fully saturated rings. The summed E-state index contributed by atoms with van der Waals surface area (Å²) in [4.78, 5) is 0.298. The van der Waals surface area contributed by atoms with Gasteiger partial charge in [-0.1, -0.05) is 6.07 Å². The number of sulfone groups is 1. The molecule has 16 heavy (non-hydrogen) atoms. The van der Waals surface area contributed by atoms with Gasteiger partial charge in [0.25, 0.3) is 0 Å². The number of hydrogen-bond donors (Lipinski definition) is 1. The Morgan fingerprint density at radius 1 is 1.38 bits per heavy atom. The number of aryl methyl sites for hydroxylation is 1. The standard InChI is InChI=1S/C11H17NO3S/c1-3-15-6-7-16(13,14)11-8-10(12)5-4-9(11)2/h4-5,8H,3,6-7,12H2,1-2H3. The van der Waals surface area contributed by atoms with Crippen LogP contribution in [0.15, 0.2) is 23.1 Å². The first-order chi connectivity index (χ1) is 7.47. The molecule has 0 aliphatic carbocycles. The molecule has 0 saturated carbocycles. The second kappa shape index (κ2) is 5.32. The molecule has 90 valence electrons. The molecule has 1 aromatic rings. The van der Waals surface area contributed by atoms with Gasteiger partial charge < -0.3 is 10.5 Å². The molecule has 0 amide bonds. The Morgan fingerprint density at radius 3 is 2.69 bits per heavy atom. The fourth-order valence-electron chi connectivity index (χ4n) is 1.37. The highest BCUT2D eigenvalue weighted by molar-refractivity contribution is 7.91. The highest BCUT2D eigenvalue weighted by Crippen LogP contribution is 2.19. The molecule has 5 heteroatoms. The molecular weight excluding hydrogens is 226 g/mol. The minimum atomic E-state index is -3.29. The molecule has 0 spiro atoms. The van der Waals surface area contributed by atoms with E-state index >= 15 is 0 Å². The maximum Gasteiger partial charge on any atom is 0.180 e. The summed E-state index contributed by atoms with van der Waals surface area (Å²) in [6, 6.07) is 4.90. The normalized spacial score (nSPS) is 11.6. The van der Waals surface area contributed by atoms with Crippen LogP contribution in [-0.2, 0) is 14.6 Å². The Labute approximate surface area is 96.3 Å². The van der Waals surface area contributed by atoms with E-state index in [1.165, 1.54) is 6.07 Å². The van der Waals surface area contributed by atoms with Crippen molar-refractivity contribution in [3.05, 3.63) is 23.8 Å². The Bertz CT molecular complexity index is 454. The molecule has 0 radical (unpaired) electrons. The first kappa shape index (κ1) is 13.0. The van der Waals surface area contributed by atoms with Crippen molar-refractivity contribution in [2.24, 2.45) is 0 Å². The molecule has 1 rings (SSSR count). The monoisotopic (exact) mass is 243 g/mol. The third-order valence-corrected chi connectivity index (χ3v) is 4.06. The molecule has 0 bridgehead atoms. The lowest BCUT2D eigenvalue weighted by Crippen LogP contribution is -2.14. The van der Waals surface area contributed by atoms with Crippen LogP contribution >= 0.6 is 0 Å². The molecular formula is C11H17NO3S. The minimum absolute atomic E-state index is 0.00880. The van der Waals surface area contributed by atoms with Gasteiger partial charge in [-0.05, 0) is 31.5 Å². The zero-order valence-electron chi connectivity index (χ0n) is 9.56. The van der Waals surface area contributed by atoms with Crippen LogP contribution in [0.25, 0.3) is 0 Å². The molecule has 2 N–H and O–H groups in total. The summed E-state index contributed by atoms with van der Waals surface area (Å²) >= 11 is 0.